The van der Waals surface area contributed by atoms with E-state index in [1.165, 1.54) is 80.9 Å². The number of hydrogen-bond donors (Lipinski definition) is 12. The fourth-order valence-electron chi connectivity index (χ4n) is 10.2. The second-order valence-corrected chi connectivity index (χ2v) is 30.0. The van der Waals surface area contributed by atoms with Crippen LogP contribution in [-0.4, -0.2) is 120 Å². The molecule has 100 heavy (non-hydrogen) atoms. The first-order valence-electron chi connectivity index (χ1n) is 32.0. The summed E-state index contributed by atoms with van der Waals surface area (Å²) in [6, 6.07) is 31.9. The zero-order chi connectivity index (χ0) is 70.1. The van der Waals surface area contributed by atoms with Gasteiger partial charge < -0.3 is 41.8 Å². The lowest BCUT2D eigenvalue weighted by molar-refractivity contribution is 0.0696. The van der Waals surface area contributed by atoms with E-state index in [-0.39, 0.29) is 54.0 Å². The number of nitrogens with two attached hydrogens (primary N) is 1. The Morgan fingerprint density at radius 2 is 1.15 bits per heavy atom. The number of anilines is 10. The van der Waals surface area contributed by atoms with Crippen molar-refractivity contribution < 1.29 is 41.8 Å². The molecule has 0 unspecified atom stereocenters. The Morgan fingerprint density at radius 3 is 1.74 bits per heavy atom. The van der Waals surface area contributed by atoms with Crippen LogP contribution in [0.1, 0.15) is 145 Å². The Morgan fingerprint density at radius 1 is 0.590 bits per heavy atom. The van der Waals surface area contributed by atoms with Crippen molar-refractivity contribution in [2.45, 2.75) is 101 Å². The van der Waals surface area contributed by atoms with Gasteiger partial charge in [-0.15, -0.1) is 0 Å². The van der Waals surface area contributed by atoms with Crippen molar-refractivity contribution in [1.29, 1.82) is 0 Å². The van der Waals surface area contributed by atoms with Gasteiger partial charge in [-0.3, -0.25) is 15.3 Å². The molecule has 8 heterocycles. The van der Waals surface area contributed by atoms with Crippen LogP contribution in [-0.2, 0) is 19.9 Å². The fourth-order valence-corrected chi connectivity index (χ4v) is 13.2. The van der Waals surface area contributed by atoms with Crippen molar-refractivity contribution in [2.75, 3.05) is 38.1 Å². The quantitative estimate of drug-likeness (QED) is 0.0300. The van der Waals surface area contributed by atoms with Gasteiger partial charge in [-0.1, -0.05) is 80.4 Å². The highest BCUT2D eigenvalue weighted by atomic mass is 35.5. The third-order valence-corrected chi connectivity index (χ3v) is 19.3. The summed E-state index contributed by atoms with van der Waals surface area (Å²) in [5, 5.41) is 61.7. The van der Waals surface area contributed by atoms with Crippen molar-refractivity contribution >= 4 is 113 Å². The summed E-state index contributed by atoms with van der Waals surface area (Å²) in [4.78, 5) is 48.2. The number of H-pyrrole nitrogens is 4. The molecule has 3 aromatic carbocycles. The number of primary sulfonamides is 1. The fraction of sp³-hybridized carbons (Fsp3) is 0.265. The largest absolute Gasteiger partial charge is 0.503 e. The number of carboxylic acid groups (broad SMARTS) is 1. The number of carboxylic acids is 1. The molecule has 0 atom stereocenters. The molecule has 8 aromatic heterocycles. The average molecular weight is 1440 g/mol. The van der Waals surface area contributed by atoms with Gasteiger partial charge in [0.05, 0.1) is 40.2 Å². The number of aromatic carboxylic acids is 1. The minimum absolute atomic E-state index is 0. The number of rotatable bonds is 22. The number of sulfone groups is 1. The molecular formula is C68H85Cl2N21O7S2. The number of nitrogens with one attached hydrogen (secondary N) is 9. The average Bonchev–Trinajstić information content (AvgIpc) is 1.79. The number of aromatic nitrogens is 15. The molecule has 4 aliphatic carbocycles. The first-order valence-corrected chi connectivity index (χ1v) is 36.1. The number of nitrogens with zero attached hydrogens (tertiary/aromatic N) is 11. The molecule has 0 spiro atoms. The number of halogens is 2. The van der Waals surface area contributed by atoms with Crippen molar-refractivity contribution in [3.05, 3.63) is 190 Å². The maximum absolute atomic E-state index is 12.1. The molecule has 4 fully saturated rings. The molecule has 4 aliphatic rings. The predicted octanol–water partition coefficient (Wildman–Crippen LogP) is 15.5. The molecule has 0 aliphatic heterocycles. The molecular weight excluding hydrogens is 1360 g/mol. The van der Waals surface area contributed by atoms with Gasteiger partial charge in [0.2, 0.25) is 16.0 Å². The van der Waals surface area contributed by atoms with Gasteiger partial charge >= 0.3 is 5.97 Å². The molecule has 4 saturated carbocycles. The van der Waals surface area contributed by atoms with Crippen molar-refractivity contribution in [3.63, 3.8) is 0 Å². The molecule has 11 aromatic rings. The zero-order valence-corrected chi connectivity index (χ0v) is 57.5. The van der Waals surface area contributed by atoms with E-state index in [4.69, 9.17) is 33.4 Å². The predicted molar refractivity (Wildman–Crippen MR) is 398 cm³/mol. The topological polar surface area (TPSA) is 417 Å². The van der Waals surface area contributed by atoms with Gasteiger partial charge in [0, 0.05) is 104 Å². The number of aromatic hydroxyl groups is 1. The Kier molecular flexibility index (Phi) is 20.9. The highest BCUT2D eigenvalue weighted by Gasteiger charge is 2.29. The van der Waals surface area contributed by atoms with E-state index in [2.05, 4.69) is 108 Å². The molecule has 0 bridgehead atoms. The van der Waals surface area contributed by atoms with E-state index in [0.29, 0.717) is 92.4 Å². The lowest BCUT2D eigenvalue weighted by Crippen LogP contribution is -2.22. The van der Waals surface area contributed by atoms with Gasteiger partial charge in [-0.25, -0.2) is 61.7 Å². The van der Waals surface area contributed by atoms with E-state index < -0.39 is 25.8 Å². The standard InChI is InChI=1S/C18H25N5O2S.C17H16N6O2.C17H16N4O.C16H14Cl2N6O2S.7H2/c1-18(2,3)12-26(24,25)10-4-5-15-19-9-8-16(20-15)21-17-11-14(22-23-17)13-6-7-13;24-16(25)11-3-5-12(6-4-11)19-17-18-8-7-14(21-17)20-15-9-13(22-23-15)10-1-2-10;22-15-10-19-16(12-4-2-1-3-5-12)21-17(15)20-13-8-14(18-9-13)11-6-7-11;17-10-4-3-9(5-13(10)27(19,25)26)15-20-7-11(18)16(22-15)21-14-6-12(23-24-14)8-1-2-8;;;;;;;/h4-5,8-9,11,13H,6-7,10,12H2,1-3H3,(H2,19,20,21,22,23);3-10H,1-2H2,(H,24,25)(H3,18,19,20,21,22,23);1-5,8-11,18,22H,6-7H2,(H,19,20,21);3-8H,1-2H2,(H2,19,25,26)(H2,20,21,22,23,24);7*1H/b5-4+;;;;;;;;;;. The lowest BCUT2D eigenvalue weighted by Gasteiger charge is -2.16. The van der Waals surface area contributed by atoms with Gasteiger partial charge in [-0.2, -0.15) is 20.3 Å². The van der Waals surface area contributed by atoms with Crippen molar-refractivity contribution in [2.24, 2.45) is 10.6 Å². The van der Waals surface area contributed by atoms with E-state index >= 15 is 0 Å². The molecule has 28 nitrogen and oxygen atoms in total. The van der Waals surface area contributed by atoms with E-state index in [9.17, 15) is 26.7 Å². The third-order valence-electron chi connectivity index (χ3n) is 15.6. The normalized spacial score (nSPS) is 14.3. The van der Waals surface area contributed by atoms with Crippen LogP contribution in [0.2, 0.25) is 10.0 Å². The van der Waals surface area contributed by atoms with Crippen LogP contribution in [0.25, 0.3) is 28.9 Å². The zero-order valence-electron chi connectivity index (χ0n) is 54.3. The van der Waals surface area contributed by atoms with Crippen LogP contribution in [0.5, 0.6) is 5.75 Å². The summed E-state index contributed by atoms with van der Waals surface area (Å²) in [6.07, 6.45) is 20.9. The minimum Gasteiger partial charge on any atom is -0.503 e. The summed E-state index contributed by atoms with van der Waals surface area (Å²) in [6.45, 7) is 5.74. The van der Waals surface area contributed by atoms with E-state index in [1.807, 2.05) is 75.5 Å². The Labute approximate surface area is 595 Å². The highest BCUT2D eigenvalue weighted by Crippen LogP contribution is 2.43. The number of benzene rings is 3. The first kappa shape index (κ1) is 69.2. The van der Waals surface area contributed by atoms with Crippen molar-refractivity contribution in [3.8, 4) is 28.5 Å². The third kappa shape index (κ3) is 19.8. The first-order chi connectivity index (χ1) is 48.0. The molecule has 32 heteroatoms. The molecule has 530 valence electrons. The number of hydrogen-bond acceptors (Lipinski definition) is 22. The Balaban J connectivity index is 0.000000251. The van der Waals surface area contributed by atoms with Crippen LogP contribution < -0.4 is 31.7 Å². The molecule has 0 saturated heterocycles. The Hall–Kier alpha value is -10.7. The van der Waals surface area contributed by atoms with E-state index in [0.717, 1.165) is 47.0 Å². The summed E-state index contributed by atoms with van der Waals surface area (Å²) >= 11 is 12.1. The summed E-state index contributed by atoms with van der Waals surface area (Å²) in [5.41, 5.74) is 7.52. The van der Waals surface area contributed by atoms with Crippen LogP contribution in [0, 0.1) is 5.41 Å². The lowest BCUT2D eigenvalue weighted by atomic mass is 10.0. The molecule has 0 radical (unpaired) electrons. The van der Waals surface area contributed by atoms with Gasteiger partial charge in [-0.05, 0) is 129 Å². The van der Waals surface area contributed by atoms with Crippen LogP contribution in [0.15, 0.2) is 151 Å². The molecule has 15 rings (SSSR count). The second kappa shape index (κ2) is 30.2. The van der Waals surface area contributed by atoms with Crippen LogP contribution in [0.3, 0.4) is 0 Å². The smallest absolute Gasteiger partial charge is 0.335 e. The van der Waals surface area contributed by atoms with Crippen LogP contribution >= 0.6 is 23.2 Å². The van der Waals surface area contributed by atoms with E-state index in [1.54, 1.807) is 54.9 Å². The monoisotopic (exact) mass is 1440 g/mol. The maximum atomic E-state index is 12.1. The summed E-state index contributed by atoms with van der Waals surface area (Å²) in [7, 11) is -7.11. The summed E-state index contributed by atoms with van der Waals surface area (Å²) in [5.74, 6) is 7.36. The number of carbonyl (C=O) groups is 1. The second-order valence-electron chi connectivity index (χ2n) is 25.5. The summed E-state index contributed by atoms with van der Waals surface area (Å²) < 4.78 is 47.5. The highest BCUT2D eigenvalue weighted by molar-refractivity contribution is 7.91. The van der Waals surface area contributed by atoms with Gasteiger partial charge in [0.15, 0.2) is 62.1 Å². The van der Waals surface area contributed by atoms with Crippen LogP contribution in [0.4, 0.5) is 58.0 Å². The minimum atomic E-state index is -3.97. The van der Waals surface area contributed by atoms with Gasteiger partial charge in [0.25, 0.3) is 0 Å². The number of sulfonamides is 1. The van der Waals surface area contributed by atoms with Crippen molar-refractivity contribution in [1.82, 2.24) is 75.4 Å². The Bertz CT molecular complexity index is 4990. The molecule has 0 amide bonds. The SMILES string of the molecule is CC(C)(C)CS(=O)(=O)C/C=C/c1nccc(Nc2cc(C3CC3)[nH]n2)n1.NS(=O)(=O)c1cc(-c2ncc(Cl)c(Nc3cc(C4CC4)[nH]n3)n2)ccc1Cl.O=C(O)c1ccc(Nc2nccc(Nc3cc(C4CC4)[nH]n3)n2)cc1.Oc1cnc(-c2ccccc2)nc1Nc1c[nH]c(C2CC2)c1.[HH].[HH].[HH].[HH].[HH].[HH].[HH]. The maximum Gasteiger partial charge on any atom is 0.335 e. The number of aromatic amines is 4. The molecule has 13 N–H and O–H groups in total. The van der Waals surface area contributed by atoms with Gasteiger partial charge in [0.1, 0.15) is 21.6 Å².